The fraction of sp³-hybridized carbons (Fsp3) is 1.00. The molecular formula is C13H26OS. The van der Waals surface area contributed by atoms with Crippen molar-refractivity contribution in [3.8, 4) is 0 Å². The first-order valence-corrected chi connectivity index (χ1v) is 6.92. The van der Waals surface area contributed by atoms with E-state index >= 15 is 0 Å². The molecule has 2 heteroatoms. The van der Waals surface area contributed by atoms with Crippen LogP contribution < -0.4 is 0 Å². The molecular weight excluding hydrogens is 204 g/mol. The lowest BCUT2D eigenvalue weighted by Crippen LogP contribution is -2.36. The van der Waals surface area contributed by atoms with Crippen molar-refractivity contribution in [2.24, 2.45) is 5.41 Å². The van der Waals surface area contributed by atoms with Crippen LogP contribution in [0.2, 0.25) is 0 Å². The Labute approximate surface area is 100 Å². The summed E-state index contributed by atoms with van der Waals surface area (Å²) in [5.74, 6) is 0.979. The smallest absolute Gasteiger partial charge is 0.0624 e. The van der Waals surface area contributed by atoms with E-state index in [0.717, 1.165) is 18.8 Å². The Hall–Kier alpha value is 0.310. The summed E-state index contributed by atoms with van der Waals surface area (Å²) in [6.07, 6.45) is 7.79. The SMILES string of the molecule is CCC(C)(C)OCC1(CS)CCCCC1. The van der Waals surface area contributed by atoms with E-state index in [9.17, 15) is 0 Å². The van der Waals surface area contributed by atoms with Gasteiger partial charge in [-0.3, -0.25) is 0 Å². The van der Waals surface area contributed by atoms with Crippen LogP contribution in [0.3, 0.4) is 0 Å². The normalized spacial score (nSPS) is 21.6. The van der Waals surface area contributed by atoms with E-state index in [-0.39, 0.29) is 5.60 Å². The number of ether oxygens (including phenoxy) is 1. The first kappa shape index (κ1) is 13.4. The number of hydrogen-bond donors (Lipinski definition) is 1. The molecule has 15 heavy (non-hydrogen) atoms. The average Bonchev–Trinajstić information content (AvgIpc) is 2.28. The van der Waals surface area contributed by atoms with Crippen LogP contribution in [-0.2, 0) is 4.74 Å². The molecule has 1 rings (SSSR count). The minimum absolute atomic E-state index is 0.0351. The highest BCUT2D eigenvalue weighted by molar-refractivity contribution is 7.80. The fourth-order valence-electron chi connectivity index (χ4n) is 2.10. The van der Waals surface area contributed by atoms with Gasteiger partial charge in [-0.1, -0.05) is 26.2 Å². The van der Waals surface area contributed by atoms with E-state index in [1.807, 2.05) is 0 Å². The standard InChI is InChI=1S/C13H26OS/c1-4-12(2,3)14-10-13(11-15)8-6-5-7-9-13/h15H,4-11H2,1-3H3. The van der Waals surface area contributed by atoms with Crippen LogP contribution in [0, 0.1) is 5.41 Å². The van der Waals surface area contributed by atoms with E-state index in [4.69, 9.17) is 4.74 Å². The Balaban J connectivity index is 2.45. The zero-order valence-electron chi connectivity index (χ0n) is 10.5. The Bertz CT molecular complexity index is 183. The average molecular weight is 230 g/mol. The number of rotatable bonds is 5. The second-order valence-electron chi connectivity index (χ2n) is 5.62. The van der Waals surface area contributed by atoms with Crippen molar-refractivity contribution in [1.82, 2.24) is 0 Å². The van der Waals surface area contributed by atoms with Crippen molar-refractivity contribution in [3.05, 3.63) is 0 Å². The first-order valence-electron chi connectivity index (χ1n) is 6.28. The molecule has 0 atom stereocenters. The molecule has 0 bridgehead atoms. The third-order valence-electron chi connectivity index (χ3n) is 3.87. The number of hydrogen-bond acceptors (Lipinski definition) is 2. The van der Waals surface area contributed by atoms with Gasteiger partial charge in [0, 0.05) is 5.41 Å². The summed E-state index contributed by atoms with van der Waals surface area (Å²) in [5, 5.41) is 0. The van der Waals surface area contributed by atoms with E-state index in [1.54, 1.807) is 0 Å². The van der Waals surface area contributed by atoms with Crippen LogP contribution in [0.25, 0.3) is 0 Å². The maximum absolute atomic E-state index is 6.06. The van der Waals surface area contributed by atoms with Gasteiger partial charge in [-0.2, -0.15) is 12.6 Å². The van der Waals surface area contributed by atoms with Crippen LogP contribution in [0.15, 0.2) is 0 Å². The maximum atomic E-state index is 6.06. The van der Waals surface area contributed by atoms with E-state index < -0.39 is 0 Å². The van der Waals surface area contributed by atoms with Gasteiger partial charge in [0.2, 0.25) is 0 Å². The highest BCUT2D eigenvalue weighted by Crippen LogP contribution is 2.38. The molecule has 0 saturated heterocycles. The van der Waals surface area contributed by atoms with Crippen LogP contribution in [0.1, 0.15) is 59.3 Å². The monoisotopic (exact) mass is 230 g/mol. The van der Waals surface area contributed by atoms with Gasteiger partial charge in [-0.05, 0) is 38.9 Å². The van der Waals surface area contributed by atoms with Crippen LogP contribution >= 0.6 is 12.6 Å². The summed E-state index contributed by atoms with van der Waals surface area (Å²) in [5.41, 5.74) is 0.404. The molecule has 1 aliphatic rings. The highest BCUT2D eigenvalue weighted by Gasteiger charge is 2.32. The van der Waals surface area contributed by atoms with Crippen LogP contribution in [-0.4, -0.2) is 18.0 Å². The molecule has 90 valence electrons. The third kappa shape index (κ3) is 3.99. The summed E-state index contributed by atoms with van der Waals surface area (Å²) in [6.45, 7) is 7.45. The molecule has 0 aromatic rings. The van der Waals surface area contributed by atoms with Crippen LogP contribution in [0.4, 0.5) is 0 Å². The lowest BCUT2D eigenvalue weighted by atomic mass is 9.76. The Kier molecular flexibility index (Phi) is 4.98. The summed E-state index contributed by atoms with van der Waals surface area (Å²) < 4.78 is 6.06. The molecule has 0 spiro atoms. The van der Waals surface area contributed by atoms with Gasteiger partial charge < -0.3 is 4.74 Å². The third-order valence-corrected chi connectivity index (χ3v) is 4.54. The zero-order chi connectivity index (χ0) is 11.4. The van der Waals surface area contributed by atoms with Crippen molar-refractivity contribution in [1.29, 1.82) is 0 Å². The lowest BCUT2D eigenvalue weighted by Gasteiger charge is -2.38. The summed E-state index contributed by atoms with van der Waals surface area (Å²) in [4.78, 5) is 0. The summed E-state index contributed by atoms with van der Waals surface area (Å²) >= 11 is 4.53. The molecule has 1 nitrogen and oxygen atoms in total. The first-order chi connectivity index (χ1) is 7.04. The van der Waals surface area contributed by atoms with Gasteiger partial charge in [-0.15, -0.1) is 0 Å². The van der Waals surface area contributed by atoms with Gasteiger partial charge in [0.25, 0.3) is 0 Å². The maximum Gasteiger partial charge on any atom is 0.0624 e. The Morgan fingerprint density at radius 2 is 1.80 bits per heavy atom. The molecule has 0 heterocycles. The molecule has 0 amide bonds. The molecule has 0 aromatic carbocycles. The minimum Gasteiger partial charge on any atom is -0.375 e. The summed E-state index contributed by atoms with van der Waals surface area (Å²) in [7, 11) is 0. The predicted molar refractivity (Wildman–Crippen MR) is 69.7 cm³/mol. The van der Waals surface area contributed by atoms with Crippen molar-refractivity contribution in [3.63, 3.8) is 0 Å². The second-order valence-corrected chi connectivity index (χ2v) is 5.94. The van der Waals surface area contributed by atoms with Crippen molar-refractivity contribution < 1.29 is 4.74 Å². The van der Waals surface area contributed by atoms with Gasteiger partial charge in [-0.25, -0.2) is 0 Å². The van der Waals surface area contributed by atoms with Crippen molar-refractivity contribution in [2.45, 2.75) is 64.9 Å². The fourth-order valence-corrected chi connectivity index (χ4v) is 2.51. The molecule has 0 aliphatic heterocycles. The largest absolute Gasteiger partial charge is 0.375 e. The van der Waals surface area contributed by atoms with Crippen LogP contribution in [0.5, 0.6) is 0 Å². The second kappa shape index (κ2) is 5.58. The van der Waals surface area contributed by atoms with Gasteiger partial charge >= 0.3 is 0 Å². The molecule has 0 N–H and O–H groups in total. The van der Waals surface area contributed by atoms with Gasteiger partial charge in [0.05, 0.1) is 12.2 Å². The molecule has 1 saturated carbocycles. The lowest BCUT2D eigenvalue weighted by molar-refractivity contribution is -0.0678. The van der Waals surface area contributed by atoms with Crippen molar-refractivity contribution >= 4 is 12.6 Å². The predicted octanol–water partition coefficient (Wildman–Crippen LogP) is 4.07. The van der Waals surface area contributed by atoms with Crippen molar-refractivity contribution in [2.75, 3.05) is 12.4 Å². The zero-order valence-corrected chi connectivity index (χ0v) is 11.4. The highest BCUT2D eigenvalue weighted by atomic mass is 32.1. The van der Waals surface area contributed by atoms with Gasteiger partial charge in [0.1, 0.15) is 0 Å². The quantitative estimate of drug-likeness (QED) is 0.700. The molecule has 0 aromatic heterocycles. The Morgan fingerprint density at radius 3 is 2.27 bits per heavy atom. The molecule has 1 aliphatic carbocycles. The topological polar surface area (TPSA) is 9.23 Å². The van der Waals surface area contributed by atoms with Gasteiger partial charge in [0.15, 0.2) is 0 Å². The van der Waals surface area contributed by atoms with E-state index in [0.29, 0.717) is 5.41 Å². The number of thiol groups is 1. The molecule has 0 radical (unpaired) electrons. The minimum atomic E-state index is 0.0351. The van der Waals surface area contributed by atoms with E-state index in [2.05, 4.69) is 33.4 Å². The molecule has 0 unspecified atom stereocenters. The molecule has 1 fully saturated rings. The Morgan fingerprint density at radius 1 is 1.20 bits per heavy atom. The summed E-state index contributed by atoms with van der Waals surface area (Å²) in [6, 6.07) is 0. The van der Waals surface area contributed by atoms with E-state index in [1.165, 1.54) is 32.1 Å².